The Hall–Kier alpha value is -0.530. The predicted octanol–water partition coefficient (Wildman–Crippen LogP) is 2.09. The van der Waals surface area contributed by atoms with Crippen molar-refractivity contribution in [2.75, 3.05) is 0 Å². The Morgan fingerprint density at radius 3 is 2.77 bits per heavy atom. The molecule has 0 saturated heterocycles. The standard InChI is InChI=1S/C10H13NOS/c1-6(12)8-2-7-3-9(8)10(4-7)11-5-13/h7-10H,2-4H2,1H3/t7?,8-,9?,10?/m0/s1. The van der Waals surface area contributed by atoms with Crippen molar-refractivity contribution < 1.29 is 4.79 Å². The van der Waals surface area contributed by atoms with Crippen LogP contribution in [0.25, 0.3) is 0 Å². The number of carbonyl (C=O) groups excluding carboxylic acids is 1. The number of ketones is 1. The second-order valence-electron chi connectivity index (χ2n) is 4.24. The molecule has 0 heterocycles. The number of carbonyl (C=O) groups is 1. The van der Waals surface area contributed by atoms with Crippen LogP contribution in [0, 0.1) is 17.8 Å². The van der Waals surface area contributed by atoms with E-state index < -0.39 is 0 Å². The van der Waals surface area contributed by atoms with Crippen LogP contribution in [-0.2, 0) is 4.79 Å². The maximum absolute atomic E-state index is 11.3. The molecule has 0 amide bonds. The van der Waals surface area contributed by atoms with Crippen LogP contribution in [-0.4, -0.2) is 17.0 Å². The summed E-state index contributed by atoms with van der Waals surface area (Å²) in [5.41, 5.74) is 0. The van der Waals surface area contributed by atoms with E-state index in [0.717, 1.165) is 18.8 Å². The fourth-order valence-electron chi connectivity index (χ4n) is 3.00. The third-order valence-corrected chi connectivity index (χ3v) is 3.62. The lowest BCUT2D eigenvalue weighted by Crippen LogP contribution is -2.27. The summed E-state index contributed by atoms with van der Waals surface area (Å²) >= 11 is 4.61. The van der Waals surface area contributed by atoms with Gasteiger partial charge in [0.25, 0.3) is 0 Å². The SMILES string of the molecule is CC(=O)[C@@H]1CC2CC(N=C=S)C1C2. The molecule has 2 rings (SSSR count). The highest BCUT2D eigenvalue weighted by Gasteiger charge is 2.47. The van der Waals surface area contributed by atoms with E-state index in [0.29, 0.717) is 17.7 Å². The smallest absolute Gasteiger partial charge is 0.133 e. The summed E-state index contributed by atoms with van der Waals surface area (Å²) in [7, 11) is 0. The van der Waals surface area contributed by atoms with Gasteiger partial charge in [0, 0.05) is 5.92 Å². The first kappa shape index (κ1) is 9.04. The lowest BCUT2D eigenvalue weighted by molar-refractivity contribution is -0.122. The van der Waals surface area contributed by atoms with Crippen molar-refractivity contribution in [3.05, 3.63) is 0 Å². The zero-order valence-corrected chi connectivity index (χ0v) is 8.51. The predicted molar refractivity (Wildman–Crippen MR) is 53.8 cm³/mol. The Balaban J connectivity index is 2.14. The molecule has 70 valence electrons. The summed E-state index contributed by atoms with van der Waals surface area (Å²) in [4.78, 5) is 15.4. The Morgan fingerprint density at radius 1 is 1.46 bits per heavy atom. The van der Waals surface area contributed by atoms with E-state index in [1.165, 1.54) is 6.42 Å². The number of rotatable bonds is 2. The van der Waals surface area contributed by atoms with Gasteiger partial charge < -0.3 is 0 Å². The minimum absolute atomic E-state index is 0.260. The van der Waals surface area contributed by atoms with E-state index >= 15 is 0 Å². The molecule has 2 nitrogen and oxygen atoms in total. The number of fused-ring (bicyclic) bond motifs is 2. The third-order valence-electron chi connectivity index (χ3n) is 3.52. The van der Waals surface area contributed by atoms with E-state index in [1.807, 2.05) is 0 Å². The summed E-state index contributed by atoms with van der Waals surface area (Å²) in [6.07, 6.45) is 3.39. The molecule has 0 radical (unpaired) electrons. The van der Waals surface area contributed by atoms with Crippen molar-refractivity contribution in [2.45, 2.75) is 32.2 Å². The number of isothiocyanates is 1. The lowest BCUT2D eigenvalue weighted by atomic mass is 9.83. The van der Waals surface area contributed by atoms with Gasteiger partial charge in [0.15, 0.2) is 0 Å². The number of hydrogen-bond donors (Lipinski definition) is 0. The molecule has 2 bridgehead atoms. The van der Waals surface area contributed by atoms with E-state index in [-0.39, 0.29) is 5.92 Å². The lowest BCUT2D eigenvalue weighted by Gasteiger charge is -2.23. The summed E-state index contributed by atoms with van der Waals surface area (Å²) in [6, 6.07) is 0.296. The molecule has 3 heteroatoms. The molecule has 4 atom stereocenters. The molecule has 0 aromatic rings. The third kappa shape index (κ3) is 1.47. The van der Waals surface area contributed by atoms with Gasteiger partial charge in [-0.3, -0.25) is 4.79 Å². The molecule has 0 spiro atoms. The first-order chi connectivity index (χ1) is 6.22. The maximum Gasteiger partial charge on any atom is 0.133 e. The maximum atomic E-state index is 11.3. The molecule has 2 aliphatic carbocycles. The molecule has 3 unspecified atom stereocenters. The van der Waals surface area contributed by atoms with Crippen molar-refractivity contribution in [3.63, 3.8) is 0 Å². The Bertz CT molecular complexity index is 271. The van der Waals surface area contributed by atoms with Crippen LogP contribution in [0.2, 0.25) is 0 Å². The van der Waals surface area contributed by atoms with E-state index in [9.17, 15) is 4.79 Å². The quantitative estimate of drug-likeness (QED) is 0.499. The second kappa shape index (κ2) is 3.32. The number of thiocarbonyl (C=S) groups is 1. The van der Waals surface area contributed by atoms with Gasteiger partial charge in [-0.25, -0.2) is 4.99 Å². The zero-order valence-electron chi connectivity index (χ0n) is 7.69. The summed E-state index contributed by atoms with van der Waals surface area (Å²) in [6.45, 7) is 1.70. The van der Waals surface area contributed by atoms with Crippen molar-refractivity contribution in [2.24, 2.45) is 22.7 Å². The highest BCUT2D eigenvalue weighted by molar-refractivity contribution is 7.78. The van der Waals surface area contributed by atoms with Gasteiger partial charge in [-0.1, -0.05) is 0 Å². The minimum atomic E-state index is 0.260. The van der Waals surface area contributed by atoms with Crippen LogP contribution in [0.5, 0.6) is 0 Å². The Kier molecular flexibility index (Phi) is 2.31. The first-order valence-electron chi connectivity index (χ1n) is 4.79. The Morgan fingerprint density at radius 2 is 2.23 bits per heavy atom. The van der Waals surface area contributed by atoms with Crippen LogP contribution < -0.4 is 0 Å². The van der Waals surface area contributed by atoms with Crippen molar-refractivity contribution >= 4 is 23.2 Å². The van der Waals surface area contributed by atoms with Crippen LogP contribution >= 0.6 is 12.2 Å². The van der Waals surface area contributed by atoms with E-state index in [4.69, 9.17) is 0 Å². The average Bonchev–Trinajstić information content (AvgIpc) is 2.62. The summed E-state index contributed by atoms with van der Waals surface area (Å²) in [5, 5.41) is 2.45. The molecular weight excluding hydrogens is 182 g/mol. The van der Waals surface area contributed by atoms with Crippen LogP contribution in [0.4, 0.5) is 0 Å². The van der Waals surface area contributed by atoms with Gasteiger partial charge in [0.2, 0.25) is 0 Å². The Labute approximate surface area is 83.4 Å². The number of Topliss-reactive ketones (excluding diaryl/α,β-unsaturated/α-hetero) is 1. The highest BCUT2D eigenvalue weighted by Crippen LogP contribution is 2.49. The molecule has 2 fully saturated rings. The zero-order chi connectivity index (χ0) is 9.42. The fraction of sp³-hybridized carbons (Fsp3) is 0.800. The normalized spacial score (nSPS) is 41.6. The first-order valence-corrected chi connectivity index (χ1v) is 5.20. The highest BCUT2D eigenvalue weighted by atomic mass is 32.1. The van der Waals surface area contributed by atoms with Gasteiger partial charge in [-0.2, -0.15) is 0 Å². The molecule has 2 saturated carbocycles. The molecule has 0 aliphatic heterocycles. The molecule has 13 heavy (non-hydrogen) atoms. The van der Waals surface area contributed by atoms with Gasteiger partial charge in [0.1, 0.15) is 5.78 Å². The van der Waals surface area contributed by atoms with Gasteiger partial charge in [-0.15, -0.1) is 0 Å². The summed E-state index contributed by atoms with van der Waals surface area (Å²) in [5.74, 6) is 1.78. The van der Waals surface area contributed by atoms with Crippen LogP contribution in [0.15, 0.2) is 4.99 Å². The largest absolute Gasteiger partial charge is 0.300 e. The number of aliphatic imine (C=N–C) groups is 1. The molecule has 0 N–H and O–H groups in total. The fourth-order valence-corrected chi connectivity index (χ4v) is 3.13. The molecule has 0 aromatic heterocycles. The molecule has 2 aliphatic rings. The van der Waals surface area contributed by atoms with Crippen molar-refractivity contribution in [1.29, 1.82) is 0 Å². The number of nitrogens with zero attached hydrogens (tertiary/aromatic N) is 1. The van der Waals surface area contributed by atoms with Crippen LogP contribution in [0.3, 0.4) is 0 Å². The van der Waals surface area contributed by atoms with Gasteiger partial charge in [0.05, 0.1) is 11.2 Å². The molecular formula is C10H13NOS. The molecule has 0 aromatic carbocycles. The van der Waals surface area contributed by atoms with Crippen molar-refractivity contribution in [1.82, 2.24) is 0 Å². The minimum Gasteiger partial charge on any atom is -0.300 e. The average molecular weight is 195 g/mol. The van der Waals surface area contributed by atoms with Gasteiger partial charge >= 0.3 is 0 Å². The van der Waals surface area contributed by atoms with Crippen LogP contribution in [0.1, 0.15) is 26.2 Å². The van der Waals surface area contributed by atoms with Gasteiger partial charge in [-0.05, 0) is 50.2 Å². The summed E-state index contributed by atoms with van der Waals surface area (Å²) < 4.78 is 0. The van der Waals surface area contributed by atoms with E-state index in [2.05, 4.69) is 22.4 Å². The van der Waals surface area contributed by atoms with Crippen molar-refractivity contribution in [3.8, 4) is 0 Å². The van der Waals surface area contributed by atoms with E-state index in [1.54, 1.807) is 6.92 Å². The topological polar surface area (TPSA) is 29.4 Å². The number of hydrogen-bond acceptors (Lipinski definition) is 3. The second-order valence-corrected chi connectivity index (χ2v) is 4.42. The monoisotopic (exact) mass is 195 g/mol.